The molecule has 0 aliphatic rings. The van der Waals surface area contributed by atoms with E-state index in [1.54, 1.807) is 18.4 Å². The quantitative estimate of drug-likeness (QED) is 0.918. The number of hydrogen-bond acceptors (Lipinski definition) is 5. The third-order valence-corrected chi connectivity index (χ3v) is 4.16. The number of pyridine rings is 1. The van der Waals surface area contributed by atoms with Gasteiger partial charge in [-0.05, 0) is 12.1 Å². The van der Waals surface area contributed by atoms with E-state index in [0.717, 1.165) is 22.8 Å². The second-order valence-electron chi connectivity index (χ2n) is 5.95. The molecule has 1 N–H and O–H groups in total. The smallest absolute Gasteiger partial charge is 0.212 e. The summed E-state index contributed by atoms with van der Waals surface area (Å²) in [6, 6.07) is 4.00. The molecule has 2 heterocycles. The summed E-state index contributed by atoms with van der Waals surface area (Å²) >= 11 is 1.70. The van der Waals surface area contributed by atoms with Crippen LogP contribution in [0.3, 0.4) is 0 Å². The van der Waals surface area contributed by atoms with Crippen LogP contribution in [0.25, 0.3) is 0 Å². The van der Waals surface area contributed by atoms with Gasteiger partial charge >= 0.3 is 0 Å². The molecule has 2 aromatic heterocycles. The van der Waals surface area contributed by atoms with Crippen molar-refractivity contribution in [3.63, 3.8) is 0 Å². The number of nitrogens with zero attached hydrogens (tertiary/aromatic N) is 2. The maximum atomic E-state index is 5.12. The lowest BCUT2D eigenvalue weighted by Crippen LogP contribution is -2.22. The molecule has 0 fully saturated rings. The minimum absolute atomic E-state index is 0.0731. The number of rotatable bonds is 5. The number of hydrogen-bond donors (Lipinski definition) is 1. The van der Waals surface area contributed by atoms with E-state index in [1.807, 2.05) is 18.3 Å². The molecule has 0 saturated heterocycles. The highest BCUT2D eigenvalue weighted by atomic mass is 32.1. The molecule has 1 unspecified atom stereocenters. The lowest BCUT2D eigenvalue weighted by Gasteiger charge is -2.17. The van der Waals surface area contributed by atoms with Gasteiger partial charge in [-0.15, -0.1) is 11.3 Å². The Labute approximate surface area is 130 Å². The van der Waals surface area contributed by atoms with Crippen LogP contribution in [0.15, 0.2) is 23.7 Å². The second-order valence-corrected chi connectivity index (χ2v) is 6.84. The molecule has 0 aromatic carbocycles. The Bertz CT molecular complexity index is 572. The fourth-order valence-electron chi connectivity index (χ4n) is 2.00. The van der Waals surface area contributed by atoms with E-state index in [1.165, 1.54) is 0 Å². The zero-order valence-electron chi connectivity index (χ0n) is 13.3. The van der Waals surface area contributed by atoms with Gasteiger partial charge < -0.3 is 10.1 Å². The van der Waals surface area contributed by atoms with Crippen molar-refractivity contribution >= 4 is 11.3 Å². The van der Waals surface area contributed by atoms with Crippen molar-refractivity contribution in [1.82, 2.24) is 15.3 Å². The maximum absolute atomic E-state index is 5.12. The molecule has 114 valence electrons. The largest absolute Gasteiger partial charge is 0.481 e. The van der Waals surface area contributed by atoms with Crippen molar-refractivity contribution in [2.45, 2.75) is 39.2 Å². The van der Waals surface area contributed by atoms with Gasteiger partial charge in [-0.1, -0.05) is 33.8 Å². The predicted octanol–water partition coefficient (Wildman–Crippen LogP) is 3.54. The Kier molecular flexibility index (Phi) is 4.96. The van der Waals surface area contributed by atoms with Crippen LogP contribution in [0.4, 0.5) is 0 Å². The molecule has 0 aliphatic heterocycles. The zero-order valence-corrected chi connectivity index (χ0v) is 14.1. The first-order valence-electron chi connectivity index (χ1n) is 7.15. The van der Waals surface area contributed by atoms with Gasteiger partial charge in [0.2, 0.25) is 5.88 Å². The van der Waals surface area contributed by atoms with Crippen LogP contribution in [-0.2, 0) is 5.41 Å². The zero-order chi connectivity index (χ0) is 15.5. The fraction of sp³-hybridized carbons (Fsp3) is 0.500. The Balaban J connectivity index is 2.31. The summed E-state index contributed by atoms with van der Waals surface area (Å²) < 4.78 is 5.12. The van der Waals surface area contributed by atoms with E-state index in [-0.39, 0.29) is 11.5 Å². The van der Waals surface area contributed by atoms with Gasteiger partial charge in [-0.3, -0.25) is 0 Å². The second kappa shape index (κ2) is 6.54. The third kappa shape index (κ3) is 3.80. The lowest BCUT2D eigenvalue weighted by atomic mass is 9.93. The Morgan fingerprint density at radius 1 is 1.33 bits per heavy atom. The Hall–Kier alpha value is -1.46. The number of methoxy groups -OCH3 is 1. The van der Waals surface area contributed by atoms with Crippen LogP contribution >= 0.6 is 11.3 Å². The first-order valence-corrected chi connectivity index (χ1v) is 8.03. The summed E-state index contributed by atoms with van der Waals surface area (Å²) in [4.78, 5) is 9.11. The summed E-state index contributed by atoms with van der Waals surface area (Å²) in [5.41, 5.74) is 2.31. The maximum Gasteiger partial charge on any atom is 0.212 e. The van der Waals surface area contributed by atoms with Crippen molar-refractivity contribution in [1.29, 1.82) is 0 Å². The van der Waals surface area contributed by atoms with Gasteiger partial charge in [0.15, 0.2) is 0 Å². The van der Waals surface area contributed by atoms with Crippen LogP contribution in [0.5, 0.6) is 5.88 Å². The fourth-order valence-corrected chi connectivity index (χ4v) is 3.14. The summed E-state index contributed by atoms with van der Waals surface area (Å²) in [5, 5.41) is 6.71. The van der Waals surface area contributed by atoms with Crippen molar-refractivity contribution in [3.05, 3.63) is 40.0 Å². The molecule has 0 saturated carbocycles. The Morgan fingerprint density at radius 2 is 2.10 bits per heavy atom. The summed E-state index contributed by atoms with van der Waals surface area (Å²) in [5.74, 6) is 0.628. The molecule has 1 atom stereocenters. The van der Waals surface area contributed by atoms with Crippen molar-refractivity contribution in [2.75, 3.05) is 13.7 Å². The van der Waals surface area contributed by atoms with Crippen molar-refractivity contribution < 1.29 is 4.74 Å². The highest BCUT2D eigenvalue weighted by molar-refractivity contribution is 7.09. The van der Waals surface area contributed by atoms with Crippen LogP contribution in [0.1, 0.15) is 50.0 Å². The molecule has 0 spiro atoms. The van der Waals surface area contributed by atoms with Crippen LogP contribution in [0, 0.1) is 0 Å². The van der Waals surface area contributed by atoms with Gasteiger partial charge in [0.05, 0.1) is 18.8 Å². The van der Waals surface area contributed by atoms with Gasteiger partial charge in [0.25, 0.3) is 0 Å². The monoisotopic (exact) mass is 305 g/mol. The molecule has 4 nitrogen and oxygen atoms in total. The van der Waals surface area contributed by atoms with Crippen LogP contribution < -0.4 is 10.1 Å². The number of thiazole rings is 1. The summed E-state index contributed by atoms with van der Waals surface area (Å²) in [6.45, 7) is 9.53. The lowest BCUT2D eigenvalue weighted by molar-refractivity contribution is 0.397. The third-order valence-electron chi connectivity index (χ3n) is 3.25. The molecular weight excluding hydrogens is 282 g/mol. The van der Waals surface area contributed by atoms with Gasteiger partial charge in [0, 0.05) is 23.1 Å². The van der Waals surface area contributed by atoms with Crippen LogP contribution in [-0.4, -0.2) is 23.6 Å². The SMILES string of the molecule is CCNC(c1ccc(OC)nc1)c1nc(C(C)(C)C)cs1. The van der Waals surface area contributed by atoms with E-state index in [4.69, 9.17) is 9.72 Å². The van der Waals surface area contributed by atoms with Crippen molar-refractivity contribution in [2.24, 2.45) is 0 Å². The van der Waals surface area contributed by atoms with Gasteiger partial charge in [-0.2, -0.15) is 0 Å². The average molecular weight is 305 g/mol. The van der Waals surface area contributed by atoms with Crippen LogP contribution in [0.2, 0.25) is 0 Å². The molecule has 0 radical (unpaired) electrons. The number of ether oxygens (including phenoxy) is 1. The molecule has 2 aromatic rings. The van der Waals surface area contributed by atoms with Crippen molar-refractivity contribution in [3.8, 4) is 5.88 Å². The first kappa shape index (κ1) is 15.9. The van der Waals surface area contributed by atoms with Gasteiger partial charge in [0.1, 0.15) is 5.01 Å². The topological polar surface area (TPSA) is 47.0 Å². The Morgan fingerprint density at radius 3 is 2.57 bits per heavy atom. The normalized spacial score (nSPS) is 13.2. The van der Waals surface area contributed by atoms with E-state index >= 15 is 0 Å². The van der Waals surface area contributed by atoms with E-state index in [9.17, 15) is 0 Å². The average Bonchev–Trinajstić information content (AvgIpc) is 2.94. The highest BCUT2D eigenvalue weighted by Crippen LogP contribution is 2.30. The minimum atomic E-state index is 0.0731. The van der Waals surface area contributed by atoms with E-state index in [2.05, 4.69) is 43.4 Å². The predicted molar refractivity (Wildman–Crippen MR) is 87.1 cm³/mol. The minimum Gasteiger partial charge on any atom is -0.481 e. The summed E-state index contributed by atoms with van der Waals surface area (Å²) in [6.07, 6.45) is 1.85. The molecule has 5 heteroatoms. The molecule has 0 aliphatic carbocycles. The van der Waals surface area contributed by atoms with Gasteiger partial charge in [-0.25, -0.2) is 9.97 Å². The molecule has 2 rings (SSSR count). The number of nitrogens with one attached hydrogen (secondary N) is 1. The van der Waals surface area contributed by atoms with E-state index < -0.39 is 0 Å². The highest BCUT2D eigenvalue weighted by Gasteiger charge is 2.22. The first-order chi connectivity index (χ1) is 9.95. The molecular formula is C16H23N3OS. The summed E-state index contributed by atoms with van der Waals surface area (Å²) in [7, 11) is 1.63. The molecule has 21 heavy (non-hydrogen) atoms. The molecule has 0 amide bonds. The molecule has 0 bridgehead atoms. The number of aromatic nitrogens is 2. The van der Waals surface area contributed by atoms with E-state index in [0.29, 0.717) is 5.88 Å². The standard InChI is InChI=1S/C16H23N3OS/c1-6-17-14(11-7-8-13(20-5)18-9-11)15-19-12(10-21-15)16(2,3)4/h7-10,14,17H,6H2,1-5H3.